The van der Waals surface area contributed by atoms with Gasteiger partial charge < -0.3 is 4.74 Å². The van der Waals surface area contributed by atoms with Gasteiger partial charge in [0.2, 0.25) is 5.82 Å². The molecule has 0 saturated carbocycles. The second-order valence-corrected chi connectivity index (χ2v) is 13.2. The lowest BCUT2D eigenvalue weighted by Crippen LogP contribution is -2.22. The van der Waals surface area contributed by atoms with Crippen molar-refractivity contribution in [2.45, 2.75) is 32.4 Å². The molecule has 24 heavy (non-hydrogen) atoms. The van der Waals surface area contributed by atoms with Crippen LogP contribution in [0.2, 0.25) is 25.7 Å². The first kappa shape index (κ1) is 17.1. The van der Waals surface area contributed by atoms with Crippen LogP contribution in [0.25, 0.3) is 22.6 Å². The molecule has 0 aromatic carbocycles. The lowest BCUT2D eigenvalue weighted by molar-refractivity contribution is 0.0814. The maximum absolute atomic E-state index is 11.2. The lowest BCUT2D eigenvalue weighted by Gasteiger charge is -2.15. The predicted octanol–water partition coefficient (Wildman–Crippen LogP) is 2.85. The van der Waals surface area contributed by atoms with Crippen LogP contribution in [0.3, 0.4) is 0 Å². The molecule has 3 rings (SSSR count). The molecule has 0 spiro atoms. The van der Waals surface area contributed by atoms with E-state index in [1.54, 1.807) is 10.9 Å². The topological polar surface area (TPSA) is 98.8 Å². The standard InChI is InChI=1S/C14H18BrN5O3Si/c1-24(2,3)5-4-22-8-20-13-10(6-9(15)7-16-13)11(18-20)12-17-14(21)23-19-12/h6-7H,4-5,8H2,1-3H3,(H,17,19,21). The number of ether oxygens (including phenoxy) is 1. The Balaban J connectivity index is 1.90. The fraction of sp³-hybridized carbons (Fsp3) is 0.429. The van der Waals surface area contributed by atoms with Crippen LogP contribution in [0.5, 0.6) is 0 Å². The van der Waals surface area contributed by atoms with Crippen molar-refractivity contribution in [3.05, 3.63) is 27.3 Å². The van der Waals surface area contributed by atoms with Gasteiger partial charge in [0.1, 0.15) is 12.4 Å². The SMILES string of the molecule is C[Si](C)(C)CCOCn1nc(-c2noc(=O)[nH]2)c2cc(Br)cnc21. The summed E-state index contributed by atoms with van der Waals surface area (Å²) in [4.78, 5) is 18.1. The number of rotatable bonds is 6. The fourth-order valence-corrected chi connectivity index (χ4v) is 3.25. The molecule has 0 aliphatic heterocycles. The Morgan fingerprint density at radius 1 is 1.42 bits per heavy atom. The van der Waals surface area contributed by atoms with Crippen LogP contribution in [-0.4, -0.2) is 39.6 Å². The van der Waals surface area contributed by atoms with Crippen molar-refractivity contribution >= 4 is 35.0 Å². The van der Waals surface area contributed by atoms with E-state index in [-0.39, 0.29) is 12.6 Å². The number of hydrogen-bond donors (Lipinski definition) is 1. The fourth-order valence-electron chi connectivity index (χ4n) is 2.16. The summed E-state index contributed by atoms with van der Waals surface area (Å²) in [7, 11) is -1.14. The Morgan fingerprint density at radius 2 is 2.21 bits per heavy atom. The van der Waals surface area contributed by atoms with Crippen LogP contribution in [-0.2, 0) is 11.5 Å². The van der Waals surface area contributed by atoms with Crippen molar-refractivity contribution in [1.29, 1.82) is 0 Å². The molecule has 3 heterocycles. The Morgan fingerprint density at radius 3 is 2.88 bits per heavy atom. The van der Waals surface area contributed by atoms with Crippen molar-refractivity contribution < 1.29 is 9.26 Å². The molecule has 0 aliphatic carbocycles. The summed E-state index contributed by atoms with van der Waals surface area (Å²) in [6, 6.07) is 2.95. The van der Waals surface area contributed by atoms with Crippen LogP contribution in [0, 0.1) is 0 Å². The molecule has 0 amide bonds. The minimum Gasteiger partial charge on any atom is -0.359 e. The highest BCUT2D eigenvalue weighted by Crippen LogP contribution is 2.26. The molecule has 10 heteroatoms. The van der Waals surface area contributed by atoms with Gasteiger partial charge in [-0.15, -0.1) is 0 Å². The molecule has 1 N–H and O–H groups in total. The maximum Gasteiger partial charge on any atom is 0.439 e. The highest BCUT2D eigenvalue weighted by molar-refractivity contribution is 9.10. The number of hydrogen-bond acceptors (Lipinski definition) is 6. The molecule has 0 fully saturated rings. The average Bonchev–Trinajstić information content (AvgIpc) is 3.06. The zero-order valence-electron chi connectivity index (χ0n) is 13.7. The van der Waals surface area contributed by atoms with Gasteiger partial charge in [0.05, 0.1) is 5.39 Å². The summed E-state index contributed by atoms with van der Waals surface area (Å²) in [6.07, 6.45) is 1.69. The number of aromatic nitrogens is 5. The third-order valence-electron chi connectivity index (χ3n) is 3.43. The molecule has 0 aliphatic rings. The van der Waals surface area contributed by atoms with Crippen molar-refractivity contribution in [2.75, 3.05) is 6.61 Å². The molecular formula is C14H18BrN5O3Si. The first-order chi connectivity index (χ1) is 11.3. The Bertz CT molecular complexity index is 911. The largest absolute Gasteiger partial charge is 0.439 e. The van der Waals surface area contributed by atoms with Crippen LogP contribution >= 0.6 is 15.9 Å². The lowest BCUT2D eigenvalue weighted by atomic mass is 10.2. The minimum atomic E-state index is -1.14. The van der Waals surface area contributed by atoms with Crippen molar-refractivity contribution in [3.8, 4) is 11.5 Å². The maximum atomic E-state index is 11.2. The first-order valence-corrected chi connectivity index (χ1v) is 12.0. The molecular weight excluding hydrogens is 394 g/mol. The van der Waals surface area contributed by atoms with Gasteiger partial charge in [-0.2, -0.15) is 5.10 Å². The Labute approximate surface area is 147 Å². The molecule has 0 radical (unpaired) electrons. The number of pyridine rings is 1. The average molecular weight is 412 g/mol. The van der Waals surface area contributed by atoms with Crippen molar-refractivity contribution in [3.63, 3.8) is 0 Å². The second kappa shape index (κ2) is 6.61. The quantitative estimate of drug-likeness (QED) is 0.494. The monoisotopic (exact) mass is 411 g/mol. The van der Waals surface area contributed by atoms with Gasteiger partial charge in [0, 0.05) is 25.4 Å². The summed E-state index contributed by atoms with van der Waals surface area (Å²) in [6.45, 7) is 7.88. The summed E-state index contributed by atoms with van der Waals surface area (Å²) in [5.74, 6) is -0.354. The van der Waals surface area contributed by atoms with Gasteiger partial charge >= 0.3 is 5.76 Å². The number of fused-ring (bicyclic) bond motifs is 1. The summed E-state index contributed by atoms with van der Waals surface area (Å²) >= 11 is 3.40. The van der Waals surface area contributed by atoms with Crippen molar-refractivity contribution in [2.24, 2.45) is 0 Å². The minimum absolute atomic E-state index is 0.269. The van der Waals surface area contributed by atoms with Gasteiger partial charge in [0.15, 0.2) is 5.65 Å². The van der Waals surface area contributed by atoms with Crippen LogP contribution in [0.15, 0.2) is 26.1 Å². The molecule has 0 saturated heterocycles. The third-order valence-corrected chi connectivity index (χ3v) is 5.57. The number of nitrogens with zero attached hydrogens (tertiary/aromatic N) is 4. The number of nitrogens with one attached hydrogen (secondary N) is 1. The highest BCUT2D eigenvalue weighted by Gasteiger charge is 2.18. The van der Waals surface area contributed by atoms with E-state index in [2.05, 4.69) is 60.3 Å². The number of halogens is 1. The van der Waals surface area contributed by atoms with E-state index in [0.717, 1.165) is 15.9 Å². The molecule has 3 aromatic rings. The van der Waals surface area contributed by atoms with Crippen LogP contribution < -0.4 is 5.76 Å². The zero-order valence-corrected chi connectivity index (χ0v) is 16.3. The number of H-pyrrole nitrogens is 1. The van der Waals surface area contributed by atoms with E-state index >= 15 is 0 Å². The summed E-state index contributed by atoms with van der Waals surface area (Å²) < 4.78 is 12.8. The summed E-state index contributed by atoms with van der Waals surface area (Å²) in [5.41, 5.74) is 1.16. The van der Waals surface area contributed by atoms with Gasteiger partial charge in [0.25, 0.3) is 0 Å². The molecule has 0 unspecified atom stereocenters. The molecule has 8 nitrogen and oxygen atoms in total. The molecule has 0 bridgehead atoms. The predicted molar refractivity (Wildman–Crippen MR) is 95.5 cm³/mol. The van der Waals surface area contributed by atoms with E-state index in [4.69, 9.17) is 4.74 Å². The van der Waals surface area contributed by atoms with Crippen molar-refractivity contribution in [1.82, 2.24) is 24.9 Å². The second-order valence-electron chi connectivity index (χ2n) is 6.66. The van der Waals surface area contributed by atoms with Gasteiger partial charge in [-0.25, -0.2) is 14.5 Å². The smallest absolute Gasteiger partial charge is 0.359 e. The highest BCUT2D eigenvalue weighted by atomic mass is 79.9. The molecule has 128 valence electrons. The van der Waals surface area contributed by atoms with Crippen LogP contribution in [0.4, 0.5) is 0 Å². The first-order valence-electron chi connectivity index (χ1n) is 7.50. The zero-order chi connectivity index (χ0) is 17.3. The van der Waals surface area contributed by atoms with Gasteiger partial charge in [-0.05, 0) is 28.0 Å². The van der Waals surface area contributed by atoms with E-state index < -0.39 is 13.8 Å². The Hall–Kier alpha value is -1.78. The normalized spacial score (nSPS) is 12.2. The van der Waals surface area contributed by atoms with Gasteiger partial charge in [-0.1, -0.05) is 24.8 Å². The third kappa shape index (κ3) is 3.82. The van der Waals surface area contributed by atoms with E-state index in [0.29, 0.717) is 17.9 Å². The number of aromatic amines is 1. The Kier molecular flexibility index (Phi) is 4.70. The van der Waals surface area contributed by atoms with E-state index in [9.17, 15) is 4.79 Å². The van der Waals surface area contributed by atoms with Crippen LogP contribution in [0.1, 0.15) is 0 Å². The van der Waals surface area contributed by atoms with E-state index in [1.165, 1.54) is 0 Å². The summed E-state index contributed by atoms with van der Waals surface area (Å²) in [5, 5.41) is 8.94. The van der Waals surface area contributed by atoms with Gasteiger partial charge in [-0.3, -0.25) is 9.51 Å². The molecule has 0 atom stereocenters. The molecule has 3 aromatic heterocycles. The van der Waals surface area contributed by atoms with E-state index in [1.807, 2.05) is 6.07 Å².